The molecular weight excluding hydrogens is 238 g/mol. The van der Waals surface area contributed by atoms with Gasteiger partial charge >= 0.3 is 5.24 Å². The second-order valence-corrected chi connectivity index (χ2v) is 5.06. The van der Waals surface area contributed by atoms with Crippen LogP contribution < -0.4 is 5.32 Å². The smallest absolute Gasteiger partial charge is 0.306 e. The quantitative estimate of drug-likeness (QED) is 0.825. The lowest BCUT2D eigenvalue weighted by Gasteiger charge is -2.32. The predicted molar refractivity (Wildman–Crippen MR) is 70.4 cm³/mol. The minimum atomic E-state index is -0.268. The molecule has 0 aromatic carbocycles. The van der Waals surface area contributed by atoms with Gasteiger partial charge < -0.3 is 10.2 Å². The summed E-state index contributed by atoms with van der Waals surface area (Å²) in [5, 5.41) is 2.49. The molecule has 5 nitrogen and oxygen atoms in total. The molecule has 2 amide bonds. The largest absolute Gasteiger partial charge is 0.357 e. The first kappa shape index (κ1) is 14.0. The van der Waals surface area contributed by atoms with E-state index in [2.05, 4.69) is 10.3 Å². The van der Waals surface area contributed by atoms with Crippen LogP contribution in [0, 0.1) is 5.92 Å². The first-order chi connectivity index (χ1) is 8.01. The molecule has 1 aliphatic rings. The van der Waals surface area contributed by atoms with E-state index in [1.54, 1.807) is 7.05 Å². The first-order valence-corrected chi connectivity index (χ1v) is 6.68. The number of amides is 2. The maximum absolute atomic E-state index is 11.9. The number of likely N-dealkylation sites (N-methyl/N-ethyl adjacent to an activating group) is 2. The van der Waals surface area contributed by atoms with E-state index in [-0.39, 0.29) is 23.1 Å². The monoisotopic (exact) mass is 257 g/mol. The molecule has 0 aliphatic carbocycles. The number of aliphatic imine (C=N–C) groups is 1. The van der Waals surface area contributed by atoms with Crippen molar-refractivity contribution in [3.05, 3.63) is 0 Å². The highest BCUT2D eigenvalue weighted by Gasteiger charge is 2.31. The van der Waals surface area contributed by atoms with E-state index < -0.39 is 0 Å². The Hall–Kier alpha value is -1.04. The Morgan fingerprint density at radius 2 is 2.29 bits per heavy atom. The highest BCUT2D eigenvalue weighted by molar-refractivity contribution is 8.14. The minimum Gasteiger partial charge on any atom is -0.357 e. The fraction of sp³-hybridized carbons (Fsp3) is 0.727. The molecule has 0 aromatic heterocycles. The number of hydrogen-bond donors (Lipinski definition) is 1. The molecule has 6 heteroatoms. The summed E-state index contributed by atoms with van der Waals surface area (Å²) in [4.78, 5) is 28.8. The van der Waals surface area contributed by atoms with E-state index in [0.29, 0.717) is 11.6 Å². The lowest BCUT2D eigenvalue weighted by molar-refractivity contribution is -0.125. The molecule has 0 spiro atoms. The van der Waals surface area contributed by atoms with Gasteiger partial charge in [0, 0.05) is 14.1 Å². The van der Waals surface area contributed by atoms with Crippen LogP contribution in [0.1, 0.15) is 20.3 Å². The maximum Gasteiger partial charge on any atom is 0.306 e. The molecule has 1 heterocycles. The summed E-state index contributed by atoms with van der Waals surface area (Å²) in [5.74, 6) is 1.42. The summed E-state index contributed by atoms with van der Waals surface area (Å²) in [5.41, 5.74) is 0. The van der Waals surface area contributed by atoms with Gasteiger partial charge in [0.15, 0.2) is 0 Å². The summed E-state index contributed by atoms with van der Waals surface area (Å²) in [6, 6.07) is -0.268. The van der Waals surface area contributed by atoms with Crippen LogP contribution in [0.25, 0.3) is 0 Å². The zero-order chi connectivity index (χ0) is 13.0. The predicted octanol–water partition coefficient (Wildman–Crippen LogP) is 1.34. The van der Waals surface area contributed by atoms with Crippen molar-refractivity contribution in [3.63, 3.8) is 0 Å². The molecular formula is C11H19N3O2S. The highest BCUT2D eigenvalue weighted by atomic mass is 32.2. The Bertz CT molecular complexity index is 344. The van der Waals surface area contributed by atoms with Gasteiger partial charge in [-0.05, 0) is 5.92 Å². The van der Waals surface area contributed by atoms with Gasteiger partial charge in [-0.15, -0.1) is 0 Å². The van der Waals surface area contributed by atoms with Gasteiger partial charge in [0.1, 0.15) is 11.9 Å². The Labute approximate surface area is 106 Å². The molecule has 0 saturated heterocycles. The summed E-state index contributed by atoms with van der Waals surface area (Å²) in [6.45, 7) is 4.08. The second-order valence-electron chi connectivity index (χ2n) is 4.14. The normalized spacial score (nSPS) is 18.6. The number of amidine groups is 1. The van der Waals surface area contributed by atoms with Crippen molar-refractivity contribution >= 4 is 28.7 Å². The zero-order valence-corrected chi connectivity index (χ0v) is 11.5. The van der Waals surface area contributed by atoms with Gasteiger partial charge in [-0.1, -0.05) is 32.0 Å². The lowest BCUT2D eigenvalue weighted by Crippen LogP contribution is -2.50. The third-order valence-corrected chi connectivity index (χ3v) is 3.81. The average Bonchev–Trinajstić information content (AvgIpc) is 2.75. The van der Waals surface area contributed by atoms with Crippen LogP contribution in [-0.2, 0) is 4.79 Å². The molecule has 96 valence electrons. The van der Waals surface area contributed by atoms with Crippen LogP contribution in [0.3, 0.4) is 0 Å². The molecule has 0 radical (unpaired) electrons. The molecule has 1 aliphatic heterocycles. The van der Waals surface area contributed by atoms with Crippen LogP contribution in [-0.4, -0.2) is 47.8 Å². The van der Waals surface area contributed by atoms with Gasteiger partial charge in [-0.25, -0.2) is 0 Å². The number of carbonyl (C=O) groups excluding carboxylic acids is 2. The van der Waals surface area contributed by atoms with E-state index in [1.807, 2.05) is 25.8 Å². The molecule has 0 fully saturated rings. The number of carbonyl (C=O) groups is 2. The topological polar surface area (TPSA) is 61.8 Å². The fourth-order valence-corrected chi connectivity index (χ4v) is 2.52. The van der Waals surface area contributed by atoms with Gasteiger partial charge in [0.25, 0.3) is 0 Å². The van der Waals surface area contributed by atoms with E-state index in [0.717, 1.165) is 6.42 Å². The van der Waals surface area contributed by atoms with E-state index >= 15 is 0 Å². The van der Waals surface area contributed by atoms with E-state index in [9.17, 15) is 9.59 Å². The summed E-state index contributed by atoms with van der Waals surface area (Å²) >= 11 is 1.17. The third-order valence-electron chi connectivity index (χ3n) is 3.07. The minimum absolute atomic E-state index is 0.0334. The molecule has 0 aromatic rings. The molecule has 0 saturated carbocycles. The van der Waals surface area contributed by atoms with Crippen LogP contribution in [0.2, 0.25) is 0 Å². The van der Waals surface area contributed by atoms with Gasteiger partial charge in [-0.3, -0.25) is 9.59 Å². The van der Waals surface area contributed by atoms with Crippen LogP contribution in [0.4, 0.5) is 4.79 Å². The SMILES string of the molecule is CC[C@H](C)[C@@H](C(=O)NC)N(C)C1=NC(=O)SC1. The number of thioether (sulfide) groups is 1. The van der Waals surface area contributed by atoms with Crippen LogP contribution in [0.5, 0.6) is 0 Å². The van der Waals surface area contributed by atoms with Crippen LogP contribution >= 0.6 is 11.8 Å². The van der Waals surface area contributed by atoms with E-state index in [1.165, 1.54) is 11.8 Å². The van der Waals surface area contributed by atoms with Gasteiger partial charge in [-0.2, -0.15) is 4.99 Å². The van der Waals surface area contributed by atoms with Crippen molar-refractivity contribution in [1.29, 1.82) is 0 Å². The number of nitrogens with one attached hydrogen (secondary N) is 1. The highest BCUT2D eigenvalue weighted by Crippen LogP contribution is 2.20. The van der Waals surface area contributed by atoms with Crippen molar-refractivity contribution in [2.75, 3.05) is 19.8 Å². The molecule has 2 atom stereocenters. The number of hydrogen-bond acceptors (Lipinski definition) is 4. The van der Waals surface area contributed by atoms with Crippen molar-refractivity contribution < 1.29 is 9.59 Å². The first-order valence-electron chi connectivity index (χ1n) is 5.70. The fourth-order valence-electron chi connectivity index (χ4n) is 1.82. The Morgan fingerprint density at radius 3 is 2.71 bits per heavy atom. The Morgan fingerprint density at radius 1 is 1.65 bits per heavy atom. The van der Waals surface area contributed by atoms with Crippen LogP contribution in [0.15, 0.2) is 4.99 Å². The standard InChI is InChI=1S/C11H19N3O2S/c1-5-7(2)9(10(15)12-3)14(4)8-6-17-11(16)13-8/h7,9H,5-6H2,1-4H3,(H,12,15)/t7-,9-/m0/s1. The summed E-state index contributed by atoms with van der Waals surface area (Å²) < 4.78 is 0. The molecule has 0 bridgehead atoms. The molecule has 1 N–H and O–H groups in total. The van der Waals surface area contributed by atoms with Gasteiger partial charge in [0.05, 0.1) is 5.75 Å². The number of nitrogens with zero attached hydrogens (tertiary/aromatic N) is 2. The Kier molecular flexibility index (Phi) is 4.99. The molecule has 1 rings (SSSR count). The van der Waals surface area contributed by atoms with Crippen molar-refractivity contribution in [2.24, 2.45) is 10.9 Å². The maximum atomic E-state index is 11.9. The summed E-state index contributed by atoms with van der Waals surface area (Å²) in [7, 11) is 3.45. The summed E-state index contributed by atoms with van der Waals surface area (Å²) in [6.07, 6.45) is 0.900. The molecule has 17 heavy (non-hydrogen) atoms. The zero-order valence-electron chi connectivity index (χ0n) is 10.7. The van der Waals surface area contributed by atoms with E-state index in [4.69, 9.17) is 0 Å². The van der Waals surface area contributed by atoms with Crippen molar-refractivity contribution in [2.45, 2.75) is 26.3 Å². The lowest BCUT2D eigenvalue weighted by atomic mass is 9.97. The molecule has 0 unspecified atom stereocenters. The second kappa shape index (κ2) is 6.05. The van der Waals surface area contributed by atoms with Gasteiger partial charge in [0.2, 0.25) is 5.91 Å². The number of rotatable bonds is 4. The average molecular weight is 257 g/mol. The Balaban J connectivity index is 2.86. The third kappa shape index (κ3) is 3.21. The van der Waals surface area contributed by atoms with Crippen molar-refractivity contribution in [3.8, 4) is 0 Å². The van der Waals surface area contributed by atoms with Crippen molar-refractivity contribution in [1.82, 2.24) is 10.2 Å².